The molecule has 0 amide bonds. The molecule has 1 aliphatic rings. The zero-order valence-electron chi connectivity index (χ0n) is 8.21. The van der Waals surface area contributed by atoms with Crippen LogP contribution in [-0.4, -0.2) is 18.6 Å². The molecule has 68 valence electrons. The van der Waals surface area contributed by atoms with Gasteiger partial charge < -0.3 is 4.74 Å². The van der Waals surface area contributed by atoms with Gasteiger partial charge in [0.05, 0.1) is 7.11 Å². The van der Waals surface area contributed by atoms with Gasteiger partial charge in [0.1, 0.15) is 0 Å². The van der Waals surface area contributed by atoms with Crippen molar-refractivity contribution in [2.75, 3.05) is 18.6 Å². The second-order valence-electron chi connectivity index (χ2n) is 2.31. The van der Waals surface area contributed by atoms with E-state index in [4.69, 9.17) is 4.74 Å². The molecule has 1 heterocycles. The molecule has 0 aromatic rings. The summed E-state index contributed by atoms with van der Waals surface area (Å²) in [7, 11) is 1.71. The summed E-state index contributed by atoms with van der Waals surface area (Å²) >= 11 is 3.75. The summed E-state index contributed by atoms with van der Waals surface area (Å²) in [4.78, 5) is 0. The maximum Gasteiger partial charge on any atom is 1.00 e. The number of thioether (sulfide) groups is 2. The van der Waals surface area contributed by atoms with Crippen molar-refractivity contribution in [2.24, 2.45) is 0 Å². The Bertz CT molecular complexity index is 176. The Labute approximate surface area is 101 Å². The fraction of sp³-hybridized carbons (Fsp3) is 0.444. The number of ether oxygens (including phenoxy) is 1. The van der Waals surface area contributed by atoms with Gasteiger partial charge in [-0.05, 0) is 23.7 Å². The molecule has 0 N–H and O–H groups in total. The maximum atomic E-state index is 5.24. The predicted octanol–water partition coefficient (Wildman–Crippen LogP) is 0.0663. The van der Waals surface area contributed by atoms with E-state index >= 15 is 0 Å². The molecule has 1 fully saturated rings. The summed E-state index contributed by atoms with van der Waals surface area (Å²) in [5, 5.41) is 0. The van der Waals surface area contributed by atoms with Crippen molar-refractivity contribution in [1.29, 1.82) is 0 Å². The third kappa shape index (κ3) is 4.46. The summed E-state index contributed by atoms with van der Waals surface area (Å²) in [6, 6.07) is 0. The van der Waals surface area contributed by atoms with Crippen molar-refractivity contribution in [3.63, 3.8) is 0 Å². The molecular formula is C9H13LiOS2. The molecule has 0 atom stereocenters. The quantitative estimate of drug-likeness (QED) is 0.281. The summed E-state index contributed by atoms with van der Waals surface area (Å²) in [5.41, 5.74) is 0. The molecule has 0 aromatic carbocycles. The van der Waals surface area contributed by atoms with Crippen LogP contribution in [0.15, 0.2) is 24.5 Å². The van der Waals surface area contributed by atoms with Crippen molar-refractivity contribution in [2.45, 2.75) is 6.42 Å². The van der Waals surface area contributed by atoms with Crippen LogP contribution in [0, 0.1) is 4.58 Å². The van der Waals surface area contributed by atoms with Crippen LogP contribution in [0.1, 0.15) is 6.42 Å². The normalized spacial score (nSPS) is 17.6. The minimum absolute atomic E-state index is 0. The van der Waals surface area contributed by atoms with Gasteiger partial charge >= 0.3 is 18.9 Å². The fourth-order valence-electron chi connectivity index (χ4n) is 0.899. The van der Waals surface area contributed by atoms with Crippen LogP contribution < -0.4 is 18.9 Å². The standard InChI is InChI=1S/C9H13OS2.Li/c1-3-5-8(10-2)9-11-6-4-7-12-9;/h3,5H,1,4,6-7H2,2H3;/q-1;+1/b8-5-;. The average molecular weight is 208 g/mol. The first kappa shape index (κ1) is 13.4. The van der Waals surface area contributed by atoms with E-state index in [0.717, 1.165) is 5.76 Å². The number of allylic oxidation sites excluding steroid dienone is 2. The first-order valence-electron chi connectivity index (χ1n) is 3.88. The molecule has 0 saturated carbocycles. The number of methoxy groups -OCH3 is 1. The molecule has 4 heteroatoms. The van der Waals surface area contributed by atoms with E-state index in [2.05, 4.69) is 6.58 Å². The van der Waals surface area contributed by atoms with Crippen molar-refractivity contribution >= 4 is 23.5 Å². The van der Waals surface area contributed by atoms with E-state index in [1.165, 1.54) is 22.5 Å². The number of hydrogen-bond donors (Lipinski definition) is 0. The molecule has 0 aliphatic carbocycles. The van der Waals surface area contributed by atoms with Gasteiger partial charge in [-0.1, -0.05) is 4.58 Å². The van der Waals surface area contributed by atoms with Gasteiger partial charge in [-0.25, -0.2) is 23.5 Å². The maximum absolute atomic E-state index is 5.24. The zero-order chi connectivity index (χ0) is 8.81. The van der Waals surface area contributed by atoms with Gasteiger partial charge in [-0.3, -0.25) is 0 Å². The third-order valence-corrected chi connectivity index (χ3v) is 4.06. The number of hydrogen-bond acceptors (Lipinski definition) is 3. The van der Waals surface area contributed by atoms with Crippen LogP contribution in [0.5, 0.6) is 0 Å². The van der Waals surface area contributed by atoms with Crippen LogP contribution in [0.4, 0.5) is 0 Å². The Morgan fingerprint density at radius 3 is 2.54 bits per heavy atom. The van der Waals surface area contributed by atoms with E-state index in [-0.39, 0.29) is 18.9 Å². The summed E-state index contributed by atoms with van der Waals surface area (Å²) in [5.74, 6) is 3.38. The van der Waals surface area contributed by atoms with Crippen molar-refractivity contribution in [3.05, 3.63) is 29.1 Å². The summed E-state index contributed by atoms with van der Waals surface area (Å²) in [6.45, 7) is 3.66. The van der Waals surface area contributed by atoms with Gasteiger partial charge in [0, 0.05) is 0 Å². The minimum atomic E-state index is 0. The van der Waals surface area contributed by atoms with Crippen molar-refractivity contribution in [3.8, 4) is 0 Å². The Kier molecular flexibility index (Phi) is 8.08. The van der Waals surface area contributed by atoms with Gasteiger partial charge in [0.25, 0.3) is 0 Å². The van der Waals surface area contributed by atoms with Crippen molar-refractivity contribution < 1.29 is 23.6 Å². The largest absolute Gasteiger partial charge is 1.00 e. The Hall–Kier alpha value is 0.447. The first-order valence-corrected chi connectivity index (χ1v) is 5.85. The SMILES string of the molecule is C=C/C=C(\OC)[C-]1SCCCS1.[Li+]. The predicted molar refractivity (Wildman–Crippen MR) is 58.1 cm³/mol. The van der Waals surface area contributed by atoms with Crippen LogP contribution >= 0.6 is 23.5 Å². The Balaban J connectivity index is 0.00000144. The van der Waals surface area contributed by atoms with Crippen molar-refractivity contribution in [1.82, 2.24) is 0 Å². The van der Waals surface area contributed by atoms with Gasteiger partial charge in [-0.2, -0.15) is 6.08 Å². The topological polar surface area (TPSA) is 9.23 Å². The first-order chi connectivity index (χ1) is 5.88. The fourth-order valence-corrected chi connectivity index (χ4v) is 3.45. The molecule has 0 aromatic heterocycles. The van der Waals surface area contributed by atoms with E-state index in [1.54, 1.807) is 13.2 Å². The van der Waals surface area contributed by atoms with E-state index in [1.807, 2.05) is 29.6 Å². The average Bonchev–Trinajstić information content (AvgIpc) is 2.15. The molecule has 0 radical (unpaired) electrons. The van der Waals surface area contributed by atoms with Crippen LogP contribution in [0.2, 0.25) is 0 Å². The Morgan fingerprint density at radius 2 is 2.08 bits per heavy atom. The molecular weight excluding hydrogens is 195 g/mol. The van der Waals surface area contributed by atoms with Crippen LogP contribution in [-0.2, 0) is 4.74 Å². The summed E-state index contributed by atoms with van der Waals surface area (Å²) in [6.07, 6.45) is 4.98. The van der Waals surface area contributed by atoms with Gasteiger partial charge in [0.15, 0.2) is 0 Å². The second-order valence-corrected chi connectivity index (χ2v) is 4.78. The molecule has 13 heavy (non-hydrogen) atoms. The number of rotatable bonds is 3. The molecule has 1 nitrogen and oxygen atoms in total. The van der Waals surface area contributed by atoms with E-state index < -0.39 is 0 Å². The molecule has 1 rings (SSSR count). The van der Waals surface area contributed by atoms with Crippen LogP contribution in [0.25, 0.3) is 0 Å². The zero-order valence-corrected chi connectivity index (χ0v) is 9.84. The molecule has 0 spiro atoms. The molecule has 0 bridgehead atoms. The van der Waals surface area contributed by atoms with Crippen LogP contribution in [0.3, 0.4) is 0 Å². The Morgan fingerprint density at radius 1 is 1.46 bits per heavy atom. The monoisotopic (exact) mass is 208 g/mol. The molecule has 1 aliphatic heterocycles. The smallest absolute Gasteiger partial charge is 0.532 e. The van der Waals surface area contributed by atoms with Gasteiger partial charge in [0.2, 0.25) is 0 Å². The van der Waals surface area contributed by atoms with E-state index in [0.29, 0.717) is 0 Å². The molecule has 1 saturated heterocycles. The second kappa shape index (κ2) is 7.81. The third-order valence-electron chi connectivity index (χ3n) is 1.45. The molecule has 0 unspecified atom stereocenters. The minimum Gasteiger partial charge on any atom is -0.532 e. The summed E-state index contributed by atoms with van der Waals surface area (Å²) < 4.78 is 6.54. The van der Waals surface area contributed by atoms with Gasteiger partial charge in [-0.15, -0.1) is 12.7 Å². The van der Waals surface area contributed by atoms with E-state index in [9.17, 15) is 0 Å².